The van der Waals surface area contributed by atoms with Crippen LogP contribution in [-0.4, -0.2) is 42.5 Å². The zero-order valence-corrected chi connectivity index (χ0v) is 12.7. The summed E-state index contributed by atoms with van der Waals surface area (Å²) in [6.45, 7) is 5.41. The molecule has 2 unspecified atom stereocenters. The number of hydrogen-bond donors (Lipinski definition) is 1. The van der Waals surface area contributed by atoms with Crippen LogP contribution < -0.4 is 5.32 Å². The Labute approximate surface area is 115 Å². The zero-order chi connectivity index (χ0) is 14.0. The van der Waals surface area contributed by atoms with E-state index < -0.39 is 10.0 Å². The van der Waals surface area contributed by atoms with E-state index in [2.05, 4.69) is 12.2 Å². The van der Waals surface area contributed by atoms with Crippen LogP contribution in [0.3, 0.4) is 0 Å². The van der Waals surface area contributed by atoms with Gasteiger partial charge < -0.3 is 9.88 Å². The van der Waals surface area contributed by atoms with Gasteiger partial charge in [0.1, 0.15) is 0 Å². The minimum atomic E-state index is -3.37. The number of hydrogen-bond acceptors (Lipinski definition) is 3. The highest BCUT2D eigenvalue weighted by atomic mass is 32.2. The minimum Gasteiger partial charge on any atom is -0.356 e. The molecule has 108 valence electrons. The summed E-state index contributed by atoms with van der Waals surface area (Å²) in [5.41, 5.74) is 0. The molecule has 1 N–H and O–H groups in total. The summed E-state index contributed by atoms with van der Waals surface area (Å²) in [4.78, 5) is 0.394. The lowest BCUT2D eigenvalue weighted by Gasteiger charge is -2.38. The molecule has 1 aromatic heterocycles. The van der Waals surface area contributed by atoms with Crippen LogP contribution in [-0.2, 0) is 17.1 Å². The Morgan fingerprint density at radius 3 is 2.63 bits per heavy atom. The fraction of sp³-hybridized carbons (Fsp3) is 0.692. The molecule has 5 nitrogen and oxygen atoms in total. The SMILES string of the molecule is CCC1CN(S(=O)(=O)c2ccn(C)c2)C(CC)CN1. The molecule has 1 aliphatic rings. The zero-order valence-electron chi connectivity index (χ0n) is 11.8. The second-order valence-corrected chi connectivity index (χ2v) is 7.05. The van der Waals surface area contributed by atoms with Gasteiger partial charge in [0.25, 0.3) is 0 Å². The average molecular weight is 285 g/mol. The fourth-order valence-electron chi connectivity index (χ4n) is 2.52. The summed E-state index contributed by atoms with van der Waals surface area (Å²) in [7, 11) is -1.54. The topological polar surface area (TPSA) is 54.3 Å². The van der Waals surface area contributed by atoms with Gasteiger partial charge >= 0.3 is 0 Å². The van der Waals surface area contributed by atoms with Crippen molar-refractivity contribution in [1.29, 1.82) is 0 Å². The fourth-order valence-corrected chi connectivity index (χ4v) is 4.31. The summed E-state index contributed by atoms with van der Waals surface area (Å²) in [6.07, 6.45) is 5.21. The third kappa shape index (κ3) is 2.85. The highest BCUT2D eigenvalue weighted by Crippen LogP contribution is 2.22. The first-order chi connectivity index (χ1) is 8.98. The number of nitrogens with zero attached hydrogens (tertiary/aromatic N) is 2. The summed E-state index contributed by atoms with van der Waals surface area (Å²) in [6, 6.07) is 1.97. The summed E-state index contributed by atoms with van der Waals surface area (Å²) in [5, 5.41) is 3.42. The molecule has 0 aromatic carbocycles. The van der Waals surface area contributed by atoms with Gasteiger partial charge in [-0.05, 0) is 18.9 Å². The van der Waals surface area contributed by atoms with Gasteiger partial charge in [-0.15, -0.1) is 0 Å². The molecular formula is C13H23N3O2S. The van der Waals surface area contributed by atoms with Crippen molar-refractivity contribution in [3.8, 4) is 0 Å². The van der Waals surface area contributed by atoms with Gasteiger partial charge in [-0.25, -0.2) is 8.42 Å². The Balaban J connectivity index is 2.30. The maximum absolute atomic E-state index is 12.7. The molecule has 1 fully saturated rings. The molecule has 0 radical (unpaired) electrons. The molecule has 1 aromatic rings. The van der Waals surface area contributed by atoms with Crippen LogP contribution in [0.2, 0.25) is 0 Å². The molecule has 2 heterocycles. The van der Waals surface area contributed by atoms with Gasteiger partial charge in [0, 0.05) is 44.6 Å². The van der Waals surface area contributed by atoms with Crippen LogP contribution in [0.25, 0.3) is 0 Å². The molecule has 2 atom stereocenters. The molecule has 0 spiro atoms. The molecule has 6 heteroatoms. The van der Waals surface area contributed by atoms with Gasteiger partial charge in [-0.2, -0.15) is 4.31 Å². The smallest absolute Gasteiger partial charge is 0.244 e. The van der Waals surface area contributed by atoms with Gasteiger partial charge in [0.05, 0.1) is 4.90 Å². The molecular weight excluding hydrogens is 262 g/mol. The van der Waals surface area contributed by atoms with Gasteiger partial charge in [0.15, 0.2) is 0 Å². The maximum Gasteiger partial charge on any atom is 0.244 e. The van der Waals surface area contributed by atoms with Gasteiger partial charge in [-0.1, -0.05) is 13.8 Å². The first-order valence-electron chi connectivity index (χ1n) is 6.86. The molecule has 0 aliphatic carbocycles. The molecule has 2 rings (SSSR count). The number of aromatic nitrogens is 1. The first-order valence-corrected chi connectivity index (χ1v) is 8.30. The maximum atomic E-state index is 12.7. The number of aryl methyl sites for hydroxylation is 1. The van der Waals surface area contributed by atoms with E-state index in [4.69, 9.17) is 0 Å². The monoisotopic (exact) mass is 285 g/mol. The molecule has 0 bridgehead atoms. The average Bonchev–Trinajstić information content (AvgIpc) is 2.85. The summed E-state index contributed by atoms with van der Waals surface area (Å²) in [5.74, 6) is 0. The van der Waals surface area contributed by atoms with Crippen LogP contribution in [0, 0.1) is 0 Å². The Kier molecular flexibility index (Phi) is 4.32. The van der Waals surface area contributed by atoms with Crippen molar-refractivity contribution in [1.82, 2.24) is 14.2 Å². The van der Waals surface area contributed by atoms with Crippen molar-refractivity contribution in [2.45, 2.75) is 43.7 Å². The summed E-state index contributed by atoms with van der Waals surface area (Å²) < 4.78 is 28.9. The van der Waals surface area contributed by atoms with E-state index in [0.29, 0.717) is 11.4 Å². The van der Waals surface area contributed by atoms with Gasteiger partial charge in [-0.3, -0.25) is 0 Å². The molecule has 0 amide bonds. The lowest BCUT2D eigenvalue weighted by Crippen LogP contribution is -2.57. The Bertz CT molecular complexity index is 524. The number of piperazine rings is 1. The van der Waals surface area contributed by atoms with Crippen LogP contribution in [0.1, 0.15) is 26.7 Å². The van der Waals surface area contributed by atoms with E-state index in [1.165, 1.54) is 0 Å². The van der Waals surface area contributed by atoms with Crippen LogP contribution >= 0.6 is 0 Å². The summed E-state index contributed by atoms with van der Waals surface area (Å²) >= 11 is 0. The lowest BCUT2D eigenvalue weighted by molar-refractivity contribution is 0.215. The lowest BCUT2D eigenvalue weighted by atomic mass is 10.1. The van der Waals surface area contributed by atoms with Crippen molar-refractivity contribution in [3.05, 3.63) is 18.5 Å². The predicted molar refractivity (Wildman–Crippen MR) is 75.5 cm³/mol. The Morgan fingerprint density at radius 2 is 2.11 bits per heavy atom. The van der Waals surface area contributed by atoms with Crippen LogP contribution in [0.15, 0.2) is 23.4 Å². The standard InChI is InChI=1S/C13H23N3O2S/c1-4-11-9-16(12(5-2)8-14-11)19(17,18)13-6-7-15(3)10-13/h6-7,10-12,14H,4-5,8-9H2,1-3H3. The number of nitrogens with one attached hydrogen (secondary N) is 1. The Morgan fingerprint density at radius 1 is 1.37 bits per heavy atom. The van der Waals surface area contributed by atoms with E-state index in [1.54, 1.807) is 27.3 Å². The highest BCUT2D eigenvalue weighted by Gasteiger charge is 2.35. The minimum absolute atomic E-state index is 0.0491. The van der Waals surface area contributed by atoms with Gasteiger partial charge in [0.2, 0.25) is 10.0 Å². The van der Waals surface area contributed by atoms with Crippen molar-refractivity contribution in [2.24, 2.45) is 7.05 Å². The van der Waals surface area contributed by atoms with Crippen molar-refractivity contribution >= 4 is 10.0 Å². The quantitative estimate of drug-likeness (QED) is 0.903. The third-order valence-electron chi connectivity index (χ3n) is 3.83. The molecule has 19 heavy (non-hydrogen) atoms. The van der Waals surface area contributed by atoms with E-state index >= 15 is 0 Å². The molecule has 0 saturated carbocycles. The van der Waals surface area contributed by atoms with Crippen LogP contribution in [0.4, 0.5) is 0 Å². The normalized spacial score (nSPS) is 25.6. The third-order valence-corrected chi connectivity index (χ3v) is 5.73. The van der Waals surface area contributed by atoms with E-state index in [9.17, 15) is 8.42 Å². The second-order valence-electron chi connectivity index (χ2n) is 5.16. The van der Waals surface area contributed by atoms with E-state index in [-0.39, 0.29) is 12.1 Å². The van der Waals surface area contributed by atoms with Crippen LogP contribution in [0.5, 0.6) is 0 Å². The number of sulfonamides is 1. The predicted octanol–water partition coefficient (Wildman–Crippen LogP) is 1.18. The molecule has 1 aliphatic heterocycles. The molecule has 1 saturated heterocycles. The van der Waals surface area contributed by atoms with Crippen molar-refractivity contribution < 1.29 is 8.42 Å². The van der Waals surface area contributed by atoms with E-state index in [1.807, 2.05) is 14.0 Å². The largest absolute Gasteiger partial charge is 0.356 e. The Hall–Kier alpha value is -0.850. The first kappa shape index (κ1) is 14.6. The highest BCUT2D eigenvalue weighted by molar-refractivity contribution is 7.89. The van der Waals surface area contributed by atoms with E-state index in [0.717, 1.165) is 19.4 Å². The number of rotatable bonds is 4. The van der Waals surface area contributed by atoms with Crippen molar-refractivity contribution in [2.75, 3.05) is 13.1 Å². The second kappa shape index (κ2) is 5.64. The van der Waals surface area contributed by atoms with Crippen molar-refractivity contribution in [3.63, 3.8) is 0 Å².